The van der Waals surface area contributed by atoms with E-state index in [1.807, 2.05) is 60.7 Å². The maximum absolute atomic E-state index is 12.8. The minimum atomic E-state index is -3.44. The average molecular weight is 451 g/mol. The Morgan fingerprint density at radius 2 is 1.41 bits per heavy atom. The van der Waals surface area contributed by atoms with Crippen LogP contribution in [0, 0.1) is 0 Å². The fourth-order valence-electron chi connectivity index (χ4n) is 3.71. The third-order valence-electron chi connectivity index (χ3n) is 5.51. The van der Waals surface area contributed by atoms with Crippen molar-refractivity contribution in [2.45, 2.75) is 12.3 Å². The van der Waals surface area contributed by atoms with E-state index in [0.717, 1.165) is 16.7 Å². The number of nitrogens with zero attached hydrogens (tertiary/aromatic N) is 1. The van der Waals surface area contributed by atoms with Gasteiger partial charge in [-0.15, -0.1) is 0 Å². The number of amides is 1. The quantitative estimate of drug-likeness (QED) is 0.598. The van der Waals surface area contributed by atoms with Gasteiger partial charge in [-0.1, -0.05) is 66.7 Å². The first kappa shape index (κ1) is 22.2. The predicted octanol–water partition coefficient (Wildman–Crippen LogP) is 3.45. The first-order valence-electron chi connectivity index (χ1n) is 10.6. The van der Waals surface area contributed by atoms with E-state index in [1.165, 1.54) is 4.31 Å². The summed E-state index contributed by atoms with van der Waals surface area (Å²) in [7, 11) is -3.44. The van der Waals surface area contributed by atoms with Crippen molar-refractivity contribution in [3.05, 3.63) is 95.6 Å². The fourth-order valence-corrected chi connectivity index (χ4v) is 5.27. The van der Waals surface area contributed by atoms with Crippen molar-refractivity contribution in [3.8, 4) is 11.1 Å². The molecule has 1 fully saturated rings. The fraction of sp³-hybridized carbons (Fsp3) is 0.240. The van der Waals surface area contributed by atoms with Gasteiger partial charge >= 0.3 is 0 Å². The van der Waals surface area contributed by atoms with Gasteiger partial charge in [-0.2, -0.15) is 4.31 Å². The van der Waals surface area contributed by atoms with Crippen LogP contribution < -0.4 is 5.32 Å². The lowest BCUT2D eigenvalue weighted by Crippen LogP contribution is -2.41. The summed E-state index contributed by atoms with van der Waals surface area (Å²) < 4.78 is 32.3. The summed E-state index contributed by atoms with van der Waals surface area (Å²) in [6, 6.07) is 24.7. The number of rotatable bonds is 7. The lowest BCUT2D eigenvalue weighted by Gasteiger charge is -2.26. The van der Waals surface area contributed by atoms with E-state index in [-0.39, 0.29) is 18.2 Å². The zero-order valence-electron chi connectivity index (χ0n) is 17.7. The lowest BCUT2D eigenvalue weighted by molar-refractivity contribution is 0.0729. The number of morpholine rings is 1. The van der Waals surface area contributed by atoms with Gasteiger partial charge in [0.05, 0.1) is 19.0 Å². The molecule has 1 amide bonds. The van der Waals surface area contributed by atoms with Crippen molar-refractivity contribution < 1.29 is 17.9 Å². The molecule has 166 valence electrons. The van der Waals surface area contributed by atoms with Crippen LogP contribution in [-0.2, 0) is 27.1 Å². The molecule has 7 heteroatoms. The third-order valence-corrected chi connectivity index (χ3v) is 7.34. The van der Waals surface area contributed by atoms with Crippen LogP contribution in [-0.4, -0.2) is 44.9 Å². The van der Waals surface area contributed by atoms with Gasteiger partial charge in [0, 0.05) is 25.2 Å². The monoisotopic (exact) mass is 450 g/mol. The summed E-state index contributed by atoms with van der Waals surface area (Å²) in [4.78, 5) is 12.7. The average Bonchev–Trinajstić information content (AvgIpc) is 2.84. The van der Waals surface area contributed by atoms with E-state index >= 15 is 0 Å². The second kappa shape index (κ2) is 10.1. The van der Waals surface area contributed by atoms with Gasteiger partial charge < -0.3 is 10.1 Å². The van der Waals surface area contributed by atoms with Crippen LogP contribution >= 0.6 is 0 Å². The number of hydrogen-bond donors (Lipinski definition) is 1. The van der Waals surface area contributed by atoms with Crippen LogP contribution in [0.25, 0.3) is 11.1 Å². The number of carbonyl (C=O) groups is 1. The molecule has 0 atom stereocenters. The SMILES string of the molecule is O=C(NCc1ccccc1CS(=O)(=O)N1CCOCC1)c1ccc(-c2ccccc2)cc1. The molecule has 3 aromatic rings. The molecule has 6 nitrogen and oxygen atoms in total. The van der Waals surface area contributed by atoms with Gasteiger partial charge in [-0.3, -0.25) is 4.79 Å². The van der Waals surface area contributed by atoms with Crippen LogP contribution in [0.3, 0.4) is 0 Å². The molecular weight excluding hydrogens is 424 g/mol. The van der Waals surface area contributed by atoms with Crippen molar-refractivity contribution in [1.29, 1.82) is 0 Å². The van der Waals surface area contributed by atoms with Crippen LogP contribution in [0.4, 0.5) is 0 Å². The molecule has 1 aliphatic heterocycles. The largest absolute Gasteiger partial charge is 0.379 e. The second-order valence-electron chi connectivity index (χ2n) is 7.66. The van der Waals surface area contributed by atoms with Gasteiger partial charge in [-0.25, -0.2) is 8.42 Å². The van der Waals surface area contributed by atoms with E-state index < -0.39 is 10.0 Å². The first-order chi connectivity index (χ1) is 15.5. The summed E-state index contributed by atoms with van der Waals surface area (Å²) in [6.45, 7) is 1.84. The van der Waals surface area contributed by atoms with Gasteiger partial charge in [-0.05, 0) is 34.4 Å². The van der Waals surface area contributed by atoms with Crippen LogP contribution in [0.5, 0.6) is 0 Å². The highest BCUT2D eigenvalue weighted by Gasteiger charge is 2.25. The Kier molecular flexibility index (Phi) is 6.99. The summed E-state index contributed by atoms with van der Waals surface area (Å²) in [6.07, 6.45) is 0. The molecule has 0 bridgehead atoms. The Bertz CT molecular complexity index is 1160. The van der Waals surface area contributed by atoms with Crippen molar-refractivity contribution in [2.24, 2.45) is 0 Å². The highest BCUT2D eigenvalue weighted by atomic mass is 32.2. The molecule has 3 aromatic carbocycles. The summed E-state index contributed by atoms with van der Waals surface area (Å²) in [5, 5.41) is 2.91. The Labute approximate surface area is 188 Å². The highest BCUT2D eigenvalue weighted by Crippen LogP contribution is 2.20. The number of nitrogens with one attached hydrogen (secondary N) is 1. The van der Waals surface area contributed by atoms with Gasteiger partial charge in [0.25, 0.3) is 5.91 Å². The van der Waals surface area contributed by atoms with Crippen LogP contribution in [0.1, 0.15) is 21.5 Å². The number of benzene rings is 3. The second-order valence-corrected chi connectivity index (χ2v) is 9.63. The molecule has 0 spiro atoms. The molecule has 0 aromatic heterocycles. The molecule has 1 saturated heterocycles. The minimum absolute atomic E-state index is 0.0924. The normalized spacial score (nSPS) is 14.8. The Hall–Kier alpha value is -3.00. The molecule has 1 N–H and O–H groups in total. The zero-order chi connectivity index (χ0) is 22.4. The van der Waals surface area contributed by atoms with Gasteiger partial charge in [0.1, 0.15) is 0 Å². The van der Waals surface area contributed by atoms with E-state index in [0.29, 0.717) is 37.4 Å². The van der Waals surface area contributed by atoms with E-state index in [9.17, 15) is 13.2 Å². The molecule has 0 unspecified atom stereocenters. The van der Waals surface area contributed by atoms with Crippen LogP contribution in [0.2, 0.25) is 0 Å². The van der Waals surface area contributed by atoms with Crippen molar-refractivity contribution in [1.82, 2.24) is 9.62 Å². The van der Waals surface area contributed by atoms with Crippen molar-refractivity contribution in [2.75, 3.05) is 26.3 Å². The minimum Gasteiger partial charge on any atom is -0.379 e. The van der Waals surface area contributed by atoms with E-state index in [1.54, 1.807) is 18.2 Å². The lowest BCUT2D eigenvalue weighted by atomic mass is 10.0. The Morgan fingerprint density at radius 3 is 2.09 bits per heavy atom. The van der Waals surface area contributed by atoms with Crippen molar-refractivity contribution >= 4 is 15.9 Å². The number of hydrogen-bond acceptors (Lipinski definition) is 4. The molecule has 1 heterocycles. The van der Waals surface area contributed by atoms with Crippen molar-refractivity contribution in [3.63, 3.8) is 0 Å². The smallest absolute Gasteiger partial charge is 0.251 e. The first-order valence-corrected chi connectivity index (χ1v) is 12.2. The predicted molar refractivity (Wildman–Crippen MR) is 125 cm³/mol. The summed E-state index contributed by atoms with van der Waals surface area (Å²) in [5.41, 5.74) is 4.18. The van der Waals surface area contributed by atoms with E-state index in [4.69, 9.17) is 4.74 Å². The van der Waals surface area contributed by atoms with Gasteiger partial charge in [0.2, 0.25) is 10.0 Å². The molecule has 0 aliphatic carbocycles. The maximum atomic E-state index is 12.8. The number of sulfonamides is 1. The summed E-state index contributed by atoms with van der Waals surface area (Å²) >= 11 is 0. The number of ether oxygens (including phenoxy) is 1. The van der Waals surface area contributed by atoms with E-state index in [2.05, 4.69) is 5.32 Å². The summed E-state index contributed by atoms with van der Waals surface area (Å²) in [5.74, 6) is -0.291. The maximum Gasteiger partial charge on any atom is 0.251 e. The Morgan fingerprint density at radius 1 is 0.812 bits per heavy atom. The Balaban J connectivity index is 1.41. The molecule has 0 radical (unpaired) electrons. The molecule has 32 heavy (non-hydrogen) atoms. The third kappa shape index (κ3) is 5.43. The molecule has 4 rings (SSSR count). The van der Waals surface area contributed by atoms with Gasteiger partial charge in [0.15, 0.2) is 0 Å². The standard InChI is InChI=1S/C25H26N2O4S/c28-25(22-12-10-21(11-13-22)20-6-2-1-3-7-20)26-18-23-8-4-5-9-24(23)19-32(29,30)27-14-16-31-17-15-27/h1-13H,14-19H2,(H,26,28). The topological polar surface area (TPSA) is 75.7 Å². The zero-order valence-corrected chi connectivity index (χ0v) is 18.6. The molecule has 1 aliphatic rings. The van der Waals surface area contributed by atoms with Crippen LogP contribution in [0.15, 0.2) is 78.9 Å². The highest BCUT2D eigenvalue weighted by molar-refractivity contribution is 7.88. The molecular formula is C25H26N2O4S. The number of carbonyl (C=O) groups excluding carboxylic acids is 1. The molecule has 0 saturated carbocycles.